The van der Waals surface area contributed by atoms with Crippen LogP contribution in [0.1, 0.15) is 10.4 Å². The second-order valence-electron chi connectivity index (χ2n) is 3.90. The van der Waals surface area contributed by atoms with Crippen molar-refractivity contribution in [2.75, 3.05) is 23.9 Å². The van der Waals surface area contributed by atoms with Crippen molar-refractivity contribution in [2.24, 2.45) is 17.2 Å². The van der Waals surface area contributed by atoms with Crippen LogP contribution in [0.3, 0.4) is 0 Å². The van der Waals surface area contributed by atoms with Crippen LogP contribution in [0.15, 0.2) is 18.2 Å². The lowest BCUT2D eigenvalue weighted by atomic mass is 10.1. The molecular formula is C11H15N5O3. The molecule has 0 saturated carbocycles. The number of carbonyl (C=O) groups excluding carboxylic acids is 3. The molecule has 5 amide bonds. The molecule has 0 fully saturated rings. The second-order valence-corrected chi connectivity index (χ2v) is 3.90. The molecule has 0 spiro atoms. The molecule has 8 nitrogen and oxygen atoms in total. The summed E-state index contributed by atoms with van der Waals surface area (Å²) in [7, 11) is 2.85. The third-order valence-corrected chi connectivity index (χ3v) is 2.62. The lowest BCUT2D eigenvalue weighted by Crippen LogP contribution is -2.34. The van der Waals surface area contributed by atoms with Gasteiger partial charge >= 0.3 is 12.1 Å². The van der Waals surface area contributed by atoms with Crippen molar-refractivity contribution in [1.29, 1.82) is 0 Å². The molecular weight excluding hydrogens is 250 g/mol. The number of anilines is 2. The van der Waals surface area contributed by atoms with Crippen LogP contribution < -0.4 is 27.0 Å². The number of hydrogen-bond donors (Lipinski definition) is 3. The van der Waals surface area contributed by atoms with Crippen LogP contribution in [0.5, 0.6) is 0 Å². The fourth-order valence-corrected chi connectivity index (χ4v) is 1.38. The topological polar surface area (TPSA) is 136 Å². The largest absolute Gasteiger partial charge is 0.366 e. The lowest BCUT2D eigenvalue weighted by molar-refractivity contribution is 0.1000. The van der Waals surface area contributed by atoms with Gasteiger partial charge in [-0.15, -0.1) is 0 Å². The lowest BCUT2D eigenvalue weighted by Gasteiger charge is -2.20. The molecule has 8 heteroatoms. The summed E-state index contributed by atoms with van der Waals surface area (Å²) in [6.07, 6.45) is 0. The second kappa shape index (κ2) is 5.25. The van der Waals surface area contributed by atoms with Crippen LogP contribution in [-0.2, 0) is 0 Å². The van der Waals surface area contributed by atoms with Crippen LogP contribution in [0, 0.1) is 0 Å². The summed E-state index contributed by atoms with van der Waals surface area (Å²) in [4.78, 5) is 35.7. The van der Waals surface area contributed by atoms with Gasteiger partial charge in [0.15, 0.2) is 0 Å². The van der Waals surface area contributed by atoms with Crippen molar-refractivity contribution in [3.8, 4) is 0 Å². The number of primary amides is 3. The zero-order valence-corrected chi connectivity index (χ0v) is 10.6. The van der Waals surface area contributed by atoms with Gasteiger partial charge in [0.1, 0.15) is 0 Å². The third kappa shape index (κ3) is 3.12. The highest BCUT2D eigenvalue weighted by molar-refractivity contribution is 5.99. The first-order valence-electron chi connectivity index (χ1n) is 5.25. The summed E-state index contributed by atoms with van der Waals surface area (Å²) in [6, 6.07) is 2.85. The quantitative estimate of drug-likeness (QED) is 0.698. The minimum absolute atomic E-state index is 0.133. The predicted octanol–water partition coefficient (Wildman–Crippen LogP) is -0.185. The summed E-state index contributed by atoms with van der Waals surface area (Å²) in [5.74, 6) is -0.696. The number of urea groups is 2. The first-order valence-corrected chi connectivity index (χ1v) is 5.25. The van der Waals surface area contributed by atoms with Crippen molar-refractivity contribution in [2.45, 2.75) is 0 Å². The first kappa shape index (κ1) is 14.3. The molecule has 1 aromatic rings. The van der Waals surface area contributed by atoms with Gasteiger partial charge in [-0.3, -0.25) is 14.6 Å². The number of nitrogens with two attached hydrogens (primary N) is 3. The van der Waals surface area contributed by atoms with Gasteiger partial charge in [-0.25, -0.2) is 9.59 Å². The number of benzene rings is 1. The van der Waals surface area contributed by atoms with Crippen LogP contribution in [0.25, 0.3) is 0 Å². The van der Waals surface area contributed by atoms with E-state index >= 15 is 0 Å². The summed E-state index contributed by atoms with van der Waals surface area (Å²) in [5.41, 5.74) is 16.3. The molecule has 1 aromatic carbocycles. The van der Waals surface area contributed by atoms with Crippen LogP contribution in [-0.4, -0.2) is 32.1 Å². The normalized spacial score (nSPS) is 9.79. The molecule has 0 heterocycles. The van der Waals surface area contributed by atoms with Crippen molar-refractivity contribution in [3.05, 3.63) is 23.8 Å². The van der Waals surface area contributed by atoms with Crippen molar-refractivity contribution in [3.63, 3.8) is 0 Å². The molecule has 6 N–H and O–H groups in total. The average molecular weight is 265 g/mol. The number of hydrogen-bond acceptors (Lipinski definition) is 3. The highest BCUT2D eigenvalue weighted by Gasteiger charge is 2.15. The standard InChI is InChI=1S/C11H15N5O3/c1-15(10(13)18)7-3-6(9(12)17)4-8(5-7)16(2)11(14)19/h3-5H,1-2H3,(H2,12,17)(H2,13,18)(H2,14,19). The molecule has 19 heavy (non-hydrogen) atoms. The Hall–Kier alpha value is -2.77. The molecule has 0 bridgehead atoms. The Morgan fingerprint density at radius 3 is 1.47 bits per heavy atom. The maximum absolute atomic E-state index is 11.2. The predicted molar refractivity (Wildman–Crippen MR) is 70.9 cm³/mol. The molecule has 1 rings (SSSR count). The van der Waals surface area contributed by atoms with Gasteiger partial charge in [-0.2, -0.15) is 0 Å². The smallest absolute Gasteiger partial charge is 0.318 e. The van der Waals surface area contributed by atoms with Crippen LogP contribution in [0.4, 0.5) is 21.0 Å². The Kier molecular flexibility index (Phi) is 3.95. The van der Waals surface area contributed by atoms with E-state index in [9.17, 15) is 14.4 Å². The molecule has 0 aliphatic carbocycles. The summed E-state index contributed by atoms with van der Waals surface area (Å²) >= 11 is 0. The number of carbonyl (C=O) groups is 3. The summed E-state index contributed by atoms with van der Waals surface area (Å²) < 4.78 is 0. The molecule has 0 aromatic heterocycles. The average Bonchev–Trinajstić information content (AvgIpc) is 2.35. The van der Waals surface area contributed by atoms with Gasteiger partial charge in [0.25, 0.3) is 0 Å². The fourth-order valence-electron chi connectivity index (χ4n) is 1.38. The Bertz CT molecular complexity index is 505. The molecule has 0 radical (unpaired) electrons. The van der Waals surface area contributed by atoms with E-state index in [-0.39, 0.29) is 5.56 Å². The Labute approximate surface area is 109 Å². The van der Waals surface area contributed by atoms with E-state index in [0.29, 0.717) is 11.4 Å². The van der Waals surface area contributed by atoms with E-state index in [1.165, 1.54) is 32.3 Å². The van der Waals surface area contributed by atoms with Crippen LogP contribution >= 0.6 is 0 Å². The van der Waals surface area contributed by atoms with E-state index < -0.39 is 18.0 Å². The van der Waals surface area contributed by atoms with E-state index in [2.05, 4.69) is 0 Å². The summed E-state index contributed by atoms with van der Waals surface area (Å²) in [5, 5.41) is 0. The minimum Gasteiger partial charge on any atom is -0.366 e. The van der Waals surface area contributed by atoms with E-state index in [0.717, 1.165) is 9.80 Å². The monoisotopic (exact) mass is 265 g/mol. The van der Waals surface area contributed by atoms with E-state index in [1.807, 2.05) is 0 Å². The molecule has 0 aliphatic rings. The van der Waals surface area contributed by atoms with Crippen LogP contribution in [0.2, 0.25) is 0 Å². The van der Waals surface area contributed by atoms with Gasteiger partial charge in [0, 0.05) is 31.0 Å². The van der Waals surface area contributed by atoms with Crippen molar-refractivity contribution < 1.29 is 14.4 Å². The van der Waals surface area contributed by atoms with Gasteiger partial charge in [-0.1, -0.05) is 0 Å². The maximum Gasteiger partial charge on any atom is 0.318 e. The van der Waals surface area contributed by atoms with Gasteiger partial charge in [0.2, 0.25) is 5.91 Å². The number of amides is 5. The van der Waals surface area contributed by atoms with E-state index in [1.54, 1.807) is 0 Å². The van der Waals surface area contributed by atoms with E-state index in [4.69, 9.17) is 17.2 Å². The highest BCUT2D eigenvalue weighted by atomic mass is 16.2. The van der Waals surface area contributed by atoms with Gasteiger partial charge < -0.3 is 17.2 Å². The first-order chi connectivity index (χ1) is 8.73. The molecule has 102 valence electrons. The molecule has 0 atom stereocenters. The van der Waals surface area contributed by atoms with Crippen molar-refractivity contribution >= 4 is 29.3 Å². The number of rotatable bonds is 3. The SMILES string of the molecule is CN(C(N)=O)c1cc(C(N)=O)cc(N(C)C(N)=O)c1. The molecule has 0 unspecified atom stereocenters. The zero-order chi connectivity index (χ0) is 14.7. The minimum atomic E-state index is -0.714. The Balaban J connectivity index is 3.37. The summed E-state index contributed by atoms with van der Waals surface area (Å²) in [6.45, 7) is 0. The number of nitrogens with zero attached hydrogens (tertiary/aromatic N) is 2. The maximum atomic E-state index is 11.2. The third-order valence-electron chi connectivity index (χ3n) is 2.62. The fraction of sp³-hybridized carbons (Fsp3) is 0.182. The van der Waals surface area contributed by atoms with Crippen molar-refractivity contribution in [1.82, 2.24) is 0 Å². The zero-order valence-electron chi connectivity index (χ0n) is 10.6. The highest BCUT2D eigenvalue weighted by Crippen LogP contribution is 2.24. The Morgan fingerprint density at radius 1 is 0.842 bits per heavy atom. The van der Waals surface area contributed by atoms with Gasteiger partial charge in [-0.05, 0) is 18.2 Å². The Morgan fingerprint density at radius 2 is 1.21 bits per heavy atom. The molecule has 0 saturated heterocycles. The van der Waals surface area contributed by atoms with Gasteiger partial charge in [0.05, 0.1) is 0 Å². The molecule has 0 aliphatic heterocycles.